The van der Waals surface area contributed by atoms with E-state index in [1.165, 1.54) is 63.8 Å². The summed E-state index contributed by atoms with van der Waals surface area (Å²) in [4.78, 5) is 10.3. The van der Waals surface area contributed by atoms with Crippen molar-refractivity contribution in [2.24, 2.45) is 4.99 Å². The monoisotopic (exact) mass is 385 g/mol. The maximum atomic E-state index is 5.11. The number of piperidine rings is 2. The Morgan fingerprint density at radius 1 is 1.07 bits per heavy atom. The molecule has 1 aromatic carbocycles. The first kappa shape index (κ1) is 21.1. The SMILES string of the molecule is CCNC(=NCC1(N2CCCCC2)CCN(C)CC1)NC(C)c1ccccc1. The predicted molar refractivity (Wildman–Crippen MR) is 119 cm³/mol. The summed E-state index contributed by atoms with van der Waals surface area (Å²) in [6, 6.07) is 10.9. The van der Waals surface area contributed by atoms with Crippen molar-refractivity contribution < 1.29 is 0 Å². The summed E-state index contributed by atoms with van der Waals surface area (Å²) in [5.74, 6) is 0.939. The van der Waals surface area contributed by atoms with Gasteiger partial charge in [-0.25, -0.2) is 0 Å². The lowest BCUT2D eigenvalue weighted by molar-refractivity contribution is 0.0208. The van der Waals surface area contributed by atoms with Crippen molar-refractivity contribution in [1.82, 2.24) is 20.4 Å². The van der Waals surface area contributed by atoms with Crippen LogP contribution in [0.15, 0.2) is 35.3 Å². The van der Waals surface area contributed by atoms with E-state index in [2.05, 4.69) is 71.7 Å². The zero-order chi connectivity index (χ0) is 19.8. The second kappa shape index (κ2) is 10.3. The normalized spacial score (nSPS) is 22.6. The molecule has 2 aliphatic rings. The second-order valence-corrected chi connectivity index (χ2v) is 8.55. The Kier molecular flexibility index (Phi) is 7.74. The Balaban J connectivity index is 1.72. The summed E-state index contributed by atoms with van der Waals surface area (Å²) < 4.78 is 0. The van der Waals surface area contributed by atoms with Crippen molar-refractivity contribution in [3.05, 3.63) is 35.9 Å². The van der Waals surface area contributed by atoms with Gasteiger partial charge in [0.25, 0.3) is 0 Å². The third kappa shape index (κ3) is 5.48. The van der Waals surface area contributed by atoms with Crippen LogP contribution in [0, 0.1) is 0 Å². The molecule has 5 heteroatoms. The van der Waals surface area contributed by atoms with Crippen molar-refractivity contribution in [3.63, 3.8) is 0 Å². The van der Waals surface area contributed by atoms with Gasteiger partial charge in [-0.1, -0.05) is 36.8 Å². The van der Waals surface area contributed by atoms with Crippen LogP contribution < -0.4 is 10.6 Å². The summed E-state index contributed by atoms with van der Waals surface area (Å²) in [6.07, 6.45) is 6.51. The Bertz CT molecular complexity index is 601. The summed E-state index contributed by atoms with van der Waals surface area (Å²) in [5.41, 5.74) is 1.52. The fourth-order valence-corrected chi connectivity index (χ4v) is 4.55. The van der Waals surface area contributed by atoms with Crippen LogP contribution in [-0.2, 0) is 0 Å². The molecule has 0 radical (unpaired) electrons. The van der Waals surface area contributed by atoms with Crippen molar-refractivity contribution >= 4 is 5.96 Å². The minimum absolute atomic E-state index is 0.227. The number of benzene rings is 1. The van der Waals surface area contributed by atoms with Crippen LogP contribution in [0.4, 0.5) is 0 Å². The van der Waals surface area contributed by atoms with E-state index >= 15 is 0 Å². The van der Waals surface area contributed by atoms with Crippen LogP contribution in [-0.4, -0.2) is 67.6 Å². The number of nitrogens with zero attached hydrogens (tertiary/aromatic N) is 3. The van der Waals surface area contributed by atoms with Crippen LogP contribution in [0.3, 0.4) is 0 Å². The number of likely N-dealkylation sites (tertiary alicyclic amines) is 2. The van der Waals surface area contributed by atoms with E-state index in [1.807, 2.05) is 0 Å². The smallest absolute Gasteiger partial charge is 0.191 e. The zero-order valence-corrected chi connectivity index (χ0v) is 18.1. The molecular weight excluding hydrogens is 346 g/mol. The van der Waals surface area contributed by atoms with E-state index in [1.54, 1.807) is 0 Å². The number of rotatable bonds is 6. The summed E-state index contributed by atoms with van der Waals surface area (Å²) in [6.45, 7) is 10.9. The van der Waals surface area contributed by atoms with Crippen LogP contribution in [0.1, 0.15) is 57.6 Å². The van der Waals surface area contributed by atoms with E-state index < -0.39 is 0 Å². The summed E-state index contributed by atoms with van der Waals surface area (Å²) >= 11 is 0. The van der Waals surface area contributed by atoms with Crippen molar-refractivity contribution in [3.8, 4) is 0 Å². The van der Waals surface area contributed by atoms with E-state index in [-0.39, 0.29) is 11.6 Å². The van der Waals surface area contributed by atoms with Gasteiger partial charge in [0.05, 0.1) is 12.6 Å². The fraction of sp³-hybridized carbons (Fsp3) is 0.696. The molecule has 3 rings (SSSR count). The molecule has 2 N–H and O–H groups in total. The Morgan fingerprint density at radius 2 is 1.75 bits per heavy atom. The minimum atomic E-state index is 0.227. The van der Waals surface area contributed by atoms with Gasteiger partial charge < -0.3 is 15.5 Å². The second-order valence-electron chi connectivity index (χ2n) is 8.55. The van der Waals surface area contributed by atoms with Crippen LogP contribution >= 0.6 is 0 Å². The molecule has 2 heterocycles. The maximum Gasteiger partial charge on any atom is 0.191 e. The number of hydrogen-bond donors (Lipinski definition) is 2. The Morgan fingerprint density at radius 3 is 2.39 bits per heavy atom. The highest BCUT2D eigenvalue weighted by Crippen LogP contribution is 2.31. The first-order valence-electron chi connectivity index (χ1n) is 11.2. The lowest BCUT2D eigenvalue weighted by Crippen LogP contribution is -2.58. The van der Waals surface area contributed by atoms with Gasteiger partial charge in [0.2, 0.25) is 0 Å². The van der Waals surface area contributed by atoms with Gasteiger partial charge in [-0.15, -0.1) is 0 Å². The van der Waals surface area contributed by atoms with Gasteiger partial charge in [-0.2, -0.15) is 0 Å². The standard InChI is InChI=1S/C23H39N5/c1-4-24-22(26-20(2)21-11-7-5-8-12-21)25-19-23(13-17-27(3)18-14-23)28-15-9-6-10-16-28/h5,7-8,11-12,20H,4,6,9-10,13-19H2,1-3H3,(H2,24,25,26). The lowest BCUT2D eigenvalue weighted by Gasteiger charge is -2.49. The molecule has 0 amide bonds. The predicted octanol–water partition coefficient (Wildman–Crippen LogP) is 3.25. The van der Waals surface area contributed by atoms with Crippen LogP contribution in [0.5, 0.6) is 0 Å². The zero-order valence-electron chi connectivity index (χ0n) is 18.1. The number of hydrogen-bond acceptors (Lipinski definition) is 3. The fourth-order valence-electron chi connectivity index (χ4n) is 4.55. The van der Waals surface area contributed by atoms with Crippen LogP contribution in [0.25, 0.3) is 0 Å². The molecule has 2 fully saturated rings. The molecule has 0 spiro atoms. The highest BCUT2D eigenvalue weighted by molar-refractivity contribution is 5.80. The van der Waals surface area contributed by atoms with Gasteiger partial charge >= 0.3 is 0 Å². The molecule has 156 valence electrons. The number of nitrogens with one attached hydrogen (secondary N) is 2. The molecule has 0 aromatic heterocycles. The Hall–Kier alpha value is -1.59. The molecule has 0 saturated carbocycles. The lowest BCUT2D eigenvalue weighted by atomic mass is 9.84. The molecule has 1 aromatic rings. The highest BCUT2D eigenvalue weighted by atomic mass is 15.3. The molecule has 0 aliphatic carbocycles. The van der Waals surface area contributed by atoms with Gasteiger partial charge in [0.1, 0.15) is 0 Å². The van der Waals surface area contributed by atoms with Gasteiger partial charge in [-0.3, -0.25) is 9.89 Å². The average Bonchev–Trinajstić information content (AvgIpc) is 2.75. The topological polar surface area (TPSA) is 42.9 Å². The third-order valence-corrected chi connectivity index (χ3v) is 6.47. The molecule has 2 saturated heterocycles. The van der Waals surface area contributed by atoms with Crippen molar-refractivity contribution in [1.29, 1.82) is 0 Å². The van der Waals surface area contributed by atoms with E-state index in [9.17, 15) is 0 Å². The van der Waals surface area contributed by atoms with Gasteiger partial charge in [0.15, 0.2) is 5.96 Å². The first-order valence-corrected chi connectivity index (χ1v) is 11.2. The largest absolute Gasteiger partial charge is 0.357 e. The maximum absolute atomic E-state index is 5.11. The number of guanidine groups is 1. The third-order valence-electron chi connectivity index (χ3n) is 6.47. The average molecular weight is 386 g/mol. The van der Waals surface area contributed by atoms with Gasteiger partial charge in [-0.05, 0) is 78.3 Å². The van der Waals surface area contributed by atoms with Crippen molar-refractivity contribution in [2.45, 2.75) is 57.5 Å². The Labute approximate surface area is 171 Å². The van der Waals surface area contributed by atoms with Crippen LogP contribution in [0.2, 0.25) is 0 Å². The number of aliphatic imine (C=N–C) groups is 1. The first-order chi connectivity index (χ1) is 13.6. The van der Waals surface area contributed by atoms with E-state index in [0.717, 1.165) is 19.0 Å². The van der Waals surface area contributed by atoms with E-state index in [4.69, 9.17) is 4.99 Å². The van der Waals surface area contributed by atoms with E-state index in [0.29, 0.717) is 0 Å². The minimum Gasteiger partial charge on any atom is -0.357 e. The summed E-state index contributed by atoms with van der Waals surface area (Å²) in [7, 11) is 2.25. The molecule has 1 atom stereocenters. The highest BCUT2D eigenvalue weighted by Gasteiger charge is 2.39. The molecule has 2 aliphatic heterocycles. The molecule has 1 unspecified atom stereocenters. The quantitative estimate of drug-likeness (QED) is 0.583. The molecule has 5 nitrogen and oxygen atoms in total. The molecule has 0 bridgehead atoms. The molecule has 28 heavy (non-hydrogen) atoms. The van der Waals surface area contributed by atoms with Crippen molar-refractivity contribution in [2.75, 3.05) is 46.3 Å². The summed E-state index contributed by atoms with van der Waals surface area (Å²) in [5, 5.41) is 7.07. The molecular formula is C23H39N5. The van der Waals surface area contributed by atoms with Gasteiger partial charge in [0, 0.05) is 12.1 Å².